The van der Waals surface area contributed by atoms with Gasteiger partial charge in [0.25, 0.3) is 0 Å². The van der Waals surface area contributed by atoms with Gasteiger partial charge >= 0.3 is 0 Å². The van der Waals surface area contributed by atoms with Gasteiger partial charge in [0, 0.05) is 31.7 Å². The van der Waals surface area contributed by atoms with Crippen molar-refractivity contribution in [2.75, 3.05) is 18.8 Å². The first-order valence-electron chi connectivity index (χ1n) is 6.50. The Labute approximate surface area is 114 Å². The largest absolute Gasteiger partial charge is 0.342 e. The van der Waals surface area contributed by atoms with Crippen molar-refractivity contribution in [1.29, 1.82) is 0 Å². The summed E-state index contributed by atoms with van der Waals surface area (Å²) in [6, 6.07) is 2.08. The van der Waals surface area contributed by atoms with Gasteiger partial charge in [-0.1, -0.05) is 0 Å². The minimum Gasteiger partial charge on any atom is -0.342 e. The van der Waals surface area contributed by atoms with Gasteiger partial charge in [-0.15, -0.1) is 0 Å². The van der Waals surface area contributed by atoms with Crippen molar-refractivity contribution >= 4 is 18.5 Å². The maximum absolute atomic E-state index is 11.7. The number of amides is 1. The standard InChI is InChI=1S/C13H21N3OS/c1-10-6-11(2)16(14-10)5-3-4-15-8-12(9-18)7-13(15)17/h6,12,18H,3-5,7-9H2,1-2H3. The van der Waals surface area contributed by atoms with Crippen LogP contribution in [0.1, 0.15) is 24.2 Å². The zero-order valence-electron chi connectivity index (χ0n) is 11.1. The molecule has 18 heavy (non-hydrogen) atoms. The summed E-state index contributed by atoms with van der Waals surface area (Å²) in [6.07, 6.45) is 1.64. The van der Waals surface area contributed by atoms with E-state index in [2.05, 4.69) is 30.7 Å². The molecule has 2 rings (SSSR count). The molecule has 0 radical (unpaired) electrons. The van der Waals surface area contributed by atoms with Gasteiger partial charge in [0.05, 0.1) is 5.69 Å². The fraction of sp³-hybridized carbons (Fsp3) is 0.692. The third-order valence-corrected chi connectivity index (χ3v) is 3.97. The lowest BCUT2D eigenvalue weighted by Crippen LogP contribution is -2.27. The second-order valence-corrected chi connectivity index (χ2v) is 5.46. The van der Waals surface area contributed by atoms with Crippen molar-refractivity contribution in [3.8, 4) is 0 Å². The molecule has 4 nitrogen and oxygen atoms in total. The number of hydrogen-bond acceptors (Lipinski definition) is 3. The highest BCUT2D eigenvalue weighted by Gasteiger charge is 2.27. The van der Waals surface area contributed by atoms with E-state index in [0.29, 0.717) is 12.3 Å². The van der Waals surface area contributed by atoms with Crippen LogP contribution in [0.25, 0.3) is 0 Å². The lowest BCUT2D eigenvalue weighted by atomic mass is 10.1. The van der Waals surface area contributed by atoms with Crippen LogP contribution in [-0.4, -0.2) is 39.4 Å². The summed E-state index contributed by atoms with van der Waals surface area (Å²) >= 11 is 4.27. The van der Waals surface area contributed by atoms with E-state index in [0.717, 1.165) is 37.5 Å². The number of likely N-dealkylation sites (tertiary alicyclic amines) is 1. The van der Waals surface area contributed by atoms with E-state index in [1.165, 1.54) is 5.69 Å². The molecule has 100 valence electrons. The second kappa shape index (κ2) is 5.78. The van der Waals surface area contributed by atoms with Gasteiger partial charge in [0.15, 0.2) is 0 Å². The lowest BCUT2D eigenvalue weighted by Gasteiger charge is -2.16. The minimum atomic E-state index is 0.280. The van der Waals surface area contributed by atoms with E-state index >= 15 is 0 Å². The van der Waals surface area contributed by atoms with Crippen LogP contribution >= 0.6 is 12.6 Å². The quantitative estimate of drug-likeness (QED) is 0.824. The maximum atomic E-state index is 11.7. The smallest absolute Gasteiger partial charge is 0.222 e. The van der Waals surface area contributed by atoms with Gasteiger partial charge in [-0.05, 0) is 38.0 Å². The van der Waals surface area contributed by atoms with E-state index < -0.39 is 0 Å². The Morgan fingerprint density at radius 2 is 2.22 bits per heavy atom. The SMILES string of the molecule is Cc1cc(C)n(CCCN2CC(CS)CC2=O)n1. The van der Waals surface area contributed by atoms with Crippen molar-refractivity contribution in [1.82, 2.24) is 14.7 Å². The molecule has 1 saturated heterocycles. The number of aromatic nitrogens is 2. The third-order valence-electron chi connectivity index (χ3n) is 3.45. The third kappa shape index (κ3) is 3.07. The van der Waals surface area contributed by atoms with Crippen molar-refractivity contribution < 1.29 is 4.79 Å². The topological polar surface area (TPSA) is 38.1 Å². The predicted octanol–water partition coefficient (Wildman–Crippen LogP) is 1.67. The molecular formula is C13H21N3OS. The lowest BCUT2D eigenvalue weighted by molar-refractivity contribution is -0.127. The fourth-order valence-electron chi connectivity index (χ4n) is 2.51. The molecule has 0 spiro atoms. The average Bonchev–Trinajstić information content (AvgIpc) is 2.83. The predicted molar refractivity (Wildman–Crippen MR) is 74.9 cm³/mol. The highest BCUT2D eigenvalue weighted by atomic mass is 32.1. The van der Waals surface area contributed by atoms with E-state index in [9.17, 15) is 4.79 Å². The molecule has 1 aliphatic heterocycles. The highest BCUT2D eigenvalue weighted by molar-refractivity contribution is 7.80. The summed E-state index contributed by atoms with van der Waals surface area (Å²) in [5.41, 5.74) is 2.24. The van der Waals surface area contributed by atoms with Gasteiger partial charge in [0.1, 0.15) is 0 Å². The van der Waals surface area contributed by atoms with Crippen LogP contribution in [0.3, 0.4) is 0 Å². The Morgan fingerprint density at radius 1 is 1.44 bits per heavy atom. The summed E-state index contributed by atoms with van der Waals surface area (Å²) < 4.78 is 2.02. The number of carbonyl (C=O) groups is 1. The number of nitrogens with zero attached hydrogens (tertiary/aromatic N) is 3. The van der Waals surface area contributed by atoms with Crippen LogP contribution < -0.4 is 0 Å². The monoisotopic (exact) mass is 267 g/mol. The molecule has 1 atom stereocenters. The van der Waals surface area contributed by atoms with E-state index in [-0.39, 0.29) is 5.91 Å². The Morgan fingerprint density at radius 3 is 2.78 bits per heavy atom. The number of hydrogen-bond donors (Lipinski definition) is 1. The Hall–Kier alpha value is -0.970. The number of rotatable bonds is 5. The zero-order chi connectivity index (χ0) is 13.1. The summed E-state index contributed by atoms with van der Waals surface area (Å²) in [5, 5.41) is 4.43. The number of aryl methyl sites for hydroxylation is 3. The van der Waals surface area contributed by atoms with Crippen LogP contribution in [0.15, 0.2) is 6.07 Å². The second-order valence-electron chi connectivity index (χ2n) is 5.10. The van der Waals surface area contributed by atoms with E-state index in [4.69, 9.17) is 0 Å². The first-order chi connectivity index (χ1) is 8.60. The van der Waals surface area contributed by atoms with Gasteiger partial charge in [-0.3, -0.25) is 9.48 Å². The minimum absolute atomic E-state index is 0.280. The van der Waals surface area contributed by atoms with E-state index in [1.54, 1.807) is 0 Å². The summed E-state index contributed by atoms with van der Waals surface area (Å²) in [6.45, 7) is 6.67. The Kier molecular flexibility index (Phi) is 4.32. The van der Waals surface area contributed by atoms with Gasteiger partial charge < -0.3 is 4.90 Å². The molecule has 1 aliphatic rings. The zero-order valence-corrected chi connectivity index (χ0v) is 12.0. The molecule has 0 aromatic carbocycles. The summed E-state index contributed by atoms with van der Waals surface area (Å²) in [7, 11) is 0. The first-order valence-corrected chi connectivity index (χ1v) is 7.13. The van der Waals surface area contributed by atoms with Gasteiger partial charge in [-0.25, -0.2) is 0 Å². The number of carbonyl (C=O) groups excluding carboxylic acids is 1. The summed E-state index contributed by atoms with van der Waals surface area (Å²) in [5.74, 6) is 1.52. The van der Waals surface area contributed by atoms with Crippen LogP contribution in [0, 0.1) is 19.8 Å². The molecule has 0 N–H and O–H groups in total. The van der Waals surface area contributed by atoms with Crippen molar-refractivity contribution in [3.63, 3.8) is 0 Å². The molecule has 2 heterocycles. The van der Waals surface area contributed by atoms with E-state index in [1.807, 2.05) is 16.5 Å². The van der Waals surface area contributed by atoms with Crippen LogP contribution in [0.5, 0.6) is 0 Å². The number of thiol groups is 1. The highest BCUT2D eigenvalue weighted by Crippen LogP contribution is 2.18. The maximum Gasteiger partial charge on any atom is 0.222 e. The average molecular weight is 267 g/mol. The summed E-state index contributed by atoms with van der Waals surface area (Å²) in [4.78, 5) is 13.7. The molecule has 1 unspecified atom stereocenters. The first kappa shape index (κ1) is 13.5. The molecule has 0 saturated carbocycles. The normalized spacial score (nSPS) is 19.8. The molecule has 1 aromatic rings. The fourth-order valence-corrected chi connectivity index (χ4v) is 2.75. The molecule has 1 amide bonds. The van der Waals surface area contributed by atoms with Crippen molar-refractivity contribution in [2.24, 2.45) is 5.92 Å². The molecular weight excluding hydrogens is 246 g/mol. The molecule has 0 bridgehead atoms. The van der Waals surface area contributed by atoms with Crippen molar-refractivity contribution in [3.05, 3.63) is 17.5 Å². The van der Waals surface area contributed by atoms with Crippen LogP contribution in [-0.2, 0) is 11.3 Å². The Bertz CT molecular complexity index is 430. The van der Waals surface area contributed by atoms with Crippen LogP contribution in [0.4, 0.5) is 0 Å². The molecule has 1 aromatic heterocycles. The van der Waals surface area contributed by atoms with Crippen molar-refractivity contribution in [2.45, 2.75) is 33.2 Å². The van der Waals surface area contributed by atoms with Gasteiger partial charge in [-0.2, -0.15) is 17.7 Å². The molecule has 5 heteroatoms. The van der Waals surface area contributed by atoms with Gasteiger partial charge in [0.2, 0.25) is 5.91 Å². The Balaban J connectivity index is 1.79. The molecule has 0 aliphatic carbocycles. The van der Waals surface area contributed by atoms with Crippen LogP contribution in [0.2, 0.25) is 0 Å². The molecule has 1 fully saturated rings.